The first-order valence-electron chi connectivity index (χ1n) is 14.9. The van der Waals surface area contributed by atoms with E-state index in [0.29, 0.717) is 30.8 Å². The van der Waals surface area contributed by atoms with E-state index in [-0.39, 0.29) is 40.6 Å². The van der Waals surface area contributed by atoms with E-state index in [0.717, 1.165) is 44.1 Å². The quantitative estimate of drug-likeness (QED) is 0.348. The number of fused-ring (bicyclic) bond motifs is 1. The molecular formula is C29H40N8O5S. The molecule has 14 heteroatoms. The number of nitrogens with zero attached hydrogens (tertiary/aromatic N) is 6. The largest absolute Gasteiger partial charge is 0.366 e. The zero-order chi connectivity index (χ0) is 30.5. The zero-order valence-electron chi connectivity index (χ0n) is 25.2. The predicted octanol–water partition coefficient (Wildman–Crippen LogP) is 2.21. The minimum Gasteiger partial charge on any atom is -0.366 e. The summed E-state index contributed by atoms with van der Waals surface area (Å²) in [4.78, 5) is 41.4. The van der Waals surface area contributed by atoms with Gasteiger partial charge in [-0.1, -0.05) is 12.8 Å². The van der Waals surface area contributed by atoms with E-state index in [2.05, 4.69) is 15.3 Å². The molecule has 3 aliphatic rings. The van der Waals surface area contributed by atoms with Gasteiger partial charge in [-0.15, -0.1) is 0 Å². The van der Waals surface area contributed by atoms with Crippen LogP contribution in [0.5, 0.6) is 0 Å². The lowest BCUT2D eigenvalue weighted by molar-refractivity contribution is -0.137. The minimum absolute atomic E-state index is 0.0134. The summed E-state index contributed by atoms with van der Waals surface area (Å²) < 4.78 is 33.1. The Kier molecular flexibility index (Phi) is 7.71. The standard InChI is InChI=1S/C29H40N8O5S/c1-19-16-35(11-12-36(19)26(38)21-7-5-6-8-21)24-14-22(43(40,41)33-29(2)9-10-29)13-23-25(24)31-28(32-42-4)37(27(23)39)18-20-15-30-34(3)17-20/h13-15,17,19,21,33H,5-12,16,18H2,1-4H3,(H,31,32)/t19-/m1/s1. The van der Waals surface area contributed by atoms with Crippen LogP contribution >= 0.6 is 0 Å². The molecule has 1 aromatic carbocycles. The fraction of sp³-hybridized carbons (Fsp3) is 0.586. The van der Waals surface area contributed by atoms with E-state index < -0.39 is 21.1 Å². The number of rotatable bonds is 9. The van der Waals surface area contributed by atoms with Gasteiger partial charge in [0.05, 0.1) is 35.8 Å². The maximum Gasteiger partial charge on any atom is 0.263 e. The third-order valence-corrected chi connectivity index (χ3v) is 10.6. The summed E-state index contributed by atoms with van der Waals surface area (Å²) in [5.41, 5.74) is 3.51. The second-order valence-corrected chi connectivity index (χ2v) is 14.2. The van der Waals surface area contributed by atoms with Gasteiger partial charge in [0.25, 0.3) is 5.56 Å². The van der Waals surface area contributed by atoms with Crippen molar-refractivity contribution in [2.24, 2.45) is 13.0 Å². The summed E-state index contributed by atoms with van der Waals surface area (Å²) in [6, 6.07) is 2.93. The van der Waals surface area contributed by atoms with Gasteiger partial charge in [0.15, 0.2) is 0 Å². The predicted molar refractivity (Wildman–Crippen MR) is 162 cm³/mol. The molecule has 0 unspecified atom stereocenters. The molecule has 232 valence electrons. The Hall–Kier alpha value is -3.49. The highest BCUT2D eigenvalue weighted by atomic mass is 32.2. The van der Waals surface area contributed by atoms with Crippen LogP contribution in [0.1, 0.15) is 57.9 Å². The highest BCUT2D eigenvalue weighted by molar-refractivity contribution is 7.89. The Labute approximate surface area is 251 Å². The minimum atomic E-state index is -3.93. The van der Waals surface area contributed by atoms with Crippen LogP contribution in [0.25, 0.3) is 10.9 Å². The Morgan fingerprint density at radius 3 is 2.56 bits per heavy atom. The van der Waals surface area contributed by atoms with Crippen molar-refractivity contribution in [3.63, 3.8) is 0 Å². The van der Waals surface area contributed by atoms with Crippen molar-refractivity contribution < 1.29 is 18.0 Å². The van der Waals surface area contributed by atoms with Crippen LogP contribution in [-0.2, 0) is 33.2 Å². The van der Waals surface area contributed by atoms with Crippen LogP contribution in [0.2, 0.25) is 0 Å². The van der Waals surface area contributed by atoms with Crippen LogP contribution in [-0.4, -0.2) is 76.9 Å². The van der Waals surface area contributed by atoms with E-state index >= 15 is 0 Å². The van der Waals surface area contributed by atoms with E-state index in [9.17, 15) is 18.0 Å². The van der Waals surface area contributed by atoms with E-state index in [1.807, 2.05) is 23.6 Å². The fourth-order valence-corrected chi connectivity index (χ4v) is 7.82. The van der Waals surface area contributed by atoms with Gasteiger partial charge in [0, 0.05) is 55.9 Å². The Bertz CT molecular complexity index is 1710. The smallest absolute Gasteiger partial charge is 0.263 e. The molecule has 0 bridgehead atoms. The first-order valence-corrected chi connectivity index (χ1v) is 16.4. The van der Waals surface area contributed by atoms with E-state index in [1.54, 1.807) is 30.2 Å². The van der Waals surface area contributed by atoms with Gasteiger partial charge in [-0.3, -0.25) is 23.7 Å². The molecule has 0 spiro atoms. The van der Waals surface area contributed by atoms with Crippen LogP contribution in [0.4, 0.5) is 11.6 Å². The number of sulfonamides is 1. The van der Waals surface area contributed by atoms with Gasteiger partial charge in [0.1, 0.15) is 5.52 Å². The first kappa shape index (κ1) is 29.6. The van der Waals surface area contributed by atoms with E-state index in [4.69, 9.17) is 9.82 Å². The number of hydrogen-bond acceptors (Lipinski definition) is 9. The molecule has 3 heterocycles. The highest BCUT2D eigenvalue weighted by Gasteiger charge is 2.42. The lowest BCUT2D eigenvalue weighted by Crippen LogP contribution is -2.55. The molecular weight excluding hydrogens is 572 g/mol. The molecule has 2 aliphatic carbocycles. The number of carbonyl (C=O) groups excluding carboxylic acids is 1. The van der Waals surface area contributed by atoms with Gasteiger partial charge >= 0.3 is 0 Å². The Morgan fingerprint density at radius 2 is 1.93 bits per heavy atom. The van der Waals surface area contributed by atoms with Crippen LogP contribution in [0.15, 0.2) is 34.2 Å². The fourth-order valence-electron chi connectivity index (χ4n) is 6.31. The van der Waals surface area contributed by atoms with Crippen molar-refractivity contribution in [2.75, 3.05) is 37.1 Å². The van der Waals surface area contributed by atoms with Gasteiger partial charge in [-0.25, -0.2) is 23.6 Å². The molecule has 43 heavy (non-hydrogen) atoms. The lowest BCUT2D eigenvalue weighted by atomic mass is 10.0. The number of hydrogen-bond donors (Lipinski definition) is 2. The summed E-state index contributed by atoms with van der Waals surface area (Å²) in [6.45, 7) is 5.52. The maximum absolute atomic E-state index is 14.1. The lowest BCUT2D eigenvalue weighted by Gasteiger charge is -2.42. The number of aryl methyl sites for hydroxylation is 1. The second kappa shape index (κ2) is 11.2. The topological polar surface area (TPSA) is 144 Å². The summed E-state index contributed by atoms with van der Waals surface area (Å²) in [7, 11) is -0.705. The van der Waals surface area contributed by atoms with Crippen molar-refractivity contribution in [3.05, 3.63) is 40.4 Å². The number of carbonyl (C=O) groups is 1. The average molecular weight is 613 g/mol. The van der Waals surface area contributed by atoms with Crippen LogP contribution < -0.4 is 20.7 Å². The van der Waals surface area contributed by atoms with Gasteiger partial charge in [0.2, 0.25) is 21.9 Å². The van der Waals surface area contributed by atoms with Gasteiger partial charge in [-0.2, -0.15) is 5.10 Å². The molecule has 1 atom stereocenters. The molecule has 1 aliphatic heterocycles. The molecule has 6 rings (SSSR count). The number of piperazine rings is 1. The molecule has 13 nitrogen and oxygen atoms in total. The number of nitrogens with one attached hydrogen (secondary N) is 2. The van der Waals surface area contributed by atoms with Crippen LogP contribution in [0.3, 0.4) is 0 Å². The summed E-state index contributed by atoms with van der Waals surface area (Å²) in [5, 5.41) is 4.38. The third-order valence-electron chi connectivity index (χ3n) is 8.95. The molecule has 0 radical (unpaired) electrons. The number of benzene rings is 1. The zero-order valence-corrected chi connectivity index (χ0v) is 26.0. The van der Waals surface area contributed by atoms with Gasteiger partial charge < -0.3 is 9.80 Å². The Morgan fingerprint density at radius 1 is 1.19 bits per heavy atom. The first-order chi connectivity index (χ1) is 20.5. The summed E-state index contributed by atoms with van der Waals surface area (Å²) in [5.74, 6) is 0.476. The average Bonchev–Trinajstić information content (AvgIpc) is 3.31. The monoisotopic (exact) mass is 612 g/mol. The number of amides is 1. The third kappa shape index (κ3) is 5.87. The van der Waals surface area contributed by atoms with Gasteiger partial charge in [-0.05, 0) is 51.7 Å². The van der Waals surface area contributed by atoms with Crippen LogP contribution in [0, 0.1) is 5.92 Å². The van der Waals surface area contributed by atoms with Crippen molar-refractivity contribution in [2.45, 2.75) is 75.4 Å². The van der Waals surface area contributed by atoms with Crippen molar-refractivity contribution in [1.82, 2.24) is 29.0 Å². The molecule has 2 aromatic heterocycles. The SMILES string of the molecule is CONc1nc2c(N3CCN(C(=O)C4CCCC4)[C@H](C)C3)cc(S(=O)(=O)NC3(C)CC3)cc2c(=O)n1Cc1cnn(C)c1. The number of anilines is 2. The maximum atomic E-state index is 14.1. The molecule has 1 amide bonds. The number of aromatic nitrogens is 4. The summed E-state index contributed by atoms with van der Waals surface area (Å²) >= 11 is 0. The Balaban J connectivity index is 1.44. The van der Waals surface area contributed by atoms with Crippen molar-refractivity contribution in [3.8, 4) is 0 Å². The van der Waals surface area contributed by atoms with E-state index in [1.165, 1.54) is 17.7 Å². The molecule has 3 fully saturated rings. The molecule has 2 saturated carbocycles. The van der Waals surface area contributed by atoms with Crippen molar-refractivity contribution >= 4 is 38.5 Å². The molecule has 3 aromatic rings. The summed E-state index contributed by atoms with van der Waals surface area (Å²) in [6.07, 6.45) is 9.03. The molecule has 2 N–H and O–H groups in total. The normalized spacial score (nSPS) is 20.6. The molecule has 1 saturated heterocycles. The van der Waals surface area contributed by atoms with Crippen molar-refractivity contribution in [1.29, 1.82) is 0 Å². The highest BCUT2D eigenvalue weighted by Crippen LogP contribution is 2.37. The second-order valence-electron chi connectivity index (χ2n) is 12.5.